The van der Waals surface area contributed by atoms with Crippen molar-refractivity contribution < 1.29 is 4.74 Å². The van der Waals surface area contributed by atoms with Crippen LogP contribution in [0.15, 0.2) is 24.3 Å². The van der Waals surface area contributed by atoms with E-state index in [1.165, 1.54) is 0 Å². The number of aromatic nitrogens is 1. The average Bonchev–Trinajstić information content (AvgIpc) is 2.42. The highest BCUT2D eigenvalue weighted by atomic mass is 16.5. The maximum absolute atomic E-state index is 5.76. The molecule has 0 radical (unpaired) electrons. The molecule has 4 nitrogen and oxygen atoms in total. The van der Waals surface area contributed by atoms with Crippen LogP contribution in [0.5, 0.6) is 5.75 Å². The second-order valence-electron chi connectivity index (χ2n) is 5.96. The predicted octanol–water partition coefficient (Wildman–Crippen LogP) is 3.61. The maximum atomic E-state index is 5.76. The van der Waals surface area contributed by atoms with Crippen LogP contribution in [0.1, 0.15) is 39.7 Å². The van der Waals surface area contributed by atoms with Crippen LogP contribution in [0.3, 0.4) is 0 Å². The summed E-state index contributed by atoms with van der Waals surface area (Å²) in [6, 6.07) is 8.13. The van der Waals surface area contributed by atoms with Crippen molar-refractivity contribution in [1.82, 2.24) is 4.98 Å². The van der Waals surface area contributed by atoms with Gasteiger partial charge < -0.3 is 10.2 Å². The molecule has 108 valence electrons. The lowest BCUT2D eigenvalue weighted by Crippen LogP contribution is -2.19. The Labute approximate surface area is 120 Å². The Morgan fingerprint density at radius 1 is 1.30 bits per heavy atom. The smallest absolute Gasteiger partial charge is 0.145 e. The molecule has 0 saturated heterocycles. The third-order valence-electron chi connectivity index (χ3n) is 3.22. The number of nitrogen functional groups attached to an aromatic ring is 1. The van der Waals surface area contributed by atoms with Gasteiger partial charge in [-0.15, -0.1) is 0 Å². The first-order chi connectivity index (χ1) is 9.47. The maximum Gasteiger partial charge on any atom is 0.145 e. The highest BCUT2D eigenvalue weighted by molar-refractivity contribution is 5.87. The number of anilines is 1. The van der Waals surface area contributed by atoms with Crippen LogP contribution >= 0.6 is 0 Å². The Kier molecular flexibility index (Phi) is 4.14. The summed E-state index contributed by atoms with van der Waals surface area (Å²) in [5.74, 6) is 7.15. The molecule has 20 heavy (non-hydrogen) atoms. The second-order valence-corrected chi connectivity index (χ2v) is 5.96. The van der Waals surface area contributed by atoms with Crippen molar-refractivity contribution in [3.8, 4) is 5.75 Å². The van der Waals surface area contributed by atoms with Crippen LogP contribution in [-0.4, -0.2) is 11.6 Å². The summed E-state index contributed by atoms with van der Waals surface area (Å²) in [6.07, 6.45) is 0.971. The van der Waals surface area contributed by atoms with Gasteiger partial charge in [-0.3, -0.25) is 0 Å². The lowest BCUT2D eigenvalue weighted by atomic mass is 9.86. The van der Waals surface area contributed by atoms with Gasteiger partial charge in [-0.2, -0.15) is 0 Å². The number of benzene rings is 1. The minimum Gasteiger partial charge on any atom is -0.491 e. The zero-order chi connectivity index (χ0) is 14.8. The van der Waals surface area contributed by atoms with Gasteiger partial charge in [0.15, 0.2) is 0 Å². The van der Waals surface area contributed by atoms with Gasteiger partial charge in [-0.1, -0.05) is 39.8 Å². The van der Waals surface area contributed by atoms with Crippen LogP contribution in [0, 0.1) is 0 Å². The van der Waals surface area contributed by atoms with Crippen LogP contribution in [0.2, 0.25) is 0 Å². The zero-order valence-corrected chi connectivity index (χ0v) is 12.7. The number of rotatable bonds is 4. The normalized spacial score (nSPS) is 11.7. The van der Waals surface area contributed by atoms with E-state index in [0.29, 0.717) is 12.4 Å². The summed E-state index contributed by atoms with van der Waals surface area (Å²) in [5, 5.41) is 1.07. The molecule has 0 atom stereocenters. The molecule has 1 aromatic carbocycles. The van der Waals surface area contributed by atoms with E-state index in [0.717, 1.165) is 28.6 Å². The van der Waals surface area contributed by atoms with E-state index >= 15 is 0 Å². The van der Waals surface area contributed by atoms with Gasteiger partial charge in [-0.25, -0.2) is 10.8 Å². The van der Waals surface area contributed by atoms with E-state index in [9.17, 15) is 0 Å². The van der Waals surface area contributed by atoms with E-state index in [1.54, 1.807) is 0 Å². The molecule has 1 aromatic heterocycles. The molecule has 0 fully saturated rings. The molecule has 1 heterocycles. The SMILES string of the molecule is CCCOc1cccc2cc(C(C)(C)C)c(NN)nc12. The number of nitrogens with one attached hydrogen (secondary N) is 1. The second kappa shape index (κ2) is 5.67. The van der Waals surface area contributed by atoms with Crippen LogP contribution in [0.4, 0.5) is 5.82 Å². The predicted molar refractivity (Wildman–Crippen MR) is 84.0 cm³/mol. The molecule has 0 spiro atoms. The summed E-state index contributed by atoms with van der Waals surface area (Å²) in [4.78, 5) is 4.65. The quantitative estimate of drug-likeness (QED) is 0.660. The number of hydrogen-bond donors (Lipinski definition) is 2. The van der Waals surface area contributed by atoms with Crippen LogP contribution in [0.25, 0.3) is 10.9 Å². The molecular weight excluding hydrogens is 250 g/mol. The highest BCUT2D eigenvalue weighted by Crippen LogP contribution is 2.33. The number of nitrogens with two attached hydrogens (primary N) is 1. The molecule has 2 aromatic rings. The summed E-state index contributed by atoms with van der Waals surface area (Å²) < 4.78 is 5.76. The van der Waals surface area contributed by atoms with Gasteiger partial charge >= 0.3 is 0 Å². The molecule has 0 aliphatic heterocycles. The summed E-state index contributed by atoms with van der Waals surface area (Å²) in [6.45, 7) is 9.21. The fourth-order valence-electron chi connectivity index (χ4n) is 2.18. The number of pyridine rings is 1. The standard InChI is InChI=1S/C16H23N3O/c1-5-9-20-13-8-6-7-11-10-12(16(2,3)4)15(19-17)18-14(11)13/h6-8,10H,5,9,17H2,1-4H3,(H,18,19). The van der Waals surface area contributed by atoms with Crippen molar-refractivity contribution in [2.75, 3.05) is 12.0 Å². The topological polar surface area (TPSA) is 60.2 Å². The molecule has 0 aliphatic carbocycles. The fourth-order valence-corrected chi connectivity index (χ4v) is 2.18. The number of hydrogen-bond acceptors (Lipinski definition) is 4. The van der Waals surface area contributed by atoms with E-state index in [4.69, 9.17) is 10.6 Å². The van der Waals surface area contributed by atoms with E-state index in [-0.39, 0.29) is 5.41 Å². The first kappa shape index (κ1) is 14.6. The van der Waals surface area contributed by atoms with E-state index in [2.05, 4.69) is 50.2 Å². The van der Waals surface area contributed by atoms with Gasteiger partial charge in [0, 0.05) is 10.9 Å². The van der Waals surface area contributed by atoms with E-state index in [1.807, 2.05) is 12.1 Å². The van der Waals surface area contributed by atoms with Crippen LogP contribution < -0.4 is 16.0 Å². The zero-order valence-electron chi connectivity index (χ0n) is 12.7. The number of fused-ring (bicyclic) bond motifs is 1. The summed E-state index contributed by atoms with van der Waals surface area (Å²) >= 11 is 0. The first-order valence-electron chi connectivity index (χ1n) is 7.01. The third-order valence-corrected chi connectivity index (χ3v) is 3.22. The number of para-hydroxylation sites is 1. The molecule has 0 bridgehead atoms. The molecule has 2 rings (SSSR count). The Morgan fingerprint density at radius 2 is 2.05 bits per heavy atom. The summed E-state index contributed by atoms with van der Waals surface area (Å²) in [5.41, 5.74) is 4.63. The number of nitrogens with zero attached hydrogens (tertiary/aromatic N) is 1. The molecule has 4 heteroatoms. The summed E-state index contributed by atoms with van der Waals surface area (Å²) in [7, 11) is 0. The van der Waals surface area contributed by atoms with Crippen molar-refractivity contribution >= 4 is 16.7 Å². The molecule has 3 N–H and O–H groups in total. The Morgan fingerprint density at radius 3 is 2.65 bits per heavy atom. The highest BCUT2D eigenvalue weighted by Gasteiger charge is 2.20. The van der Waals surface area contributed by atoms with Gasteiger partial charge in [0.2, 0.25) is 0 Å². The first-order valence-corrected chi connectivity index (χ1v) is 7.01. The van der Waals surface area contributed by atoms with Crippen molar-refractivity contribution in [3.63, 3.8) is 0 Å². The number of ether oxygens (including phenoxy) is 1. The average molecular weight is 273 g/mol. The van der Waals surface area contributed by atoms with Gasteiger partial charge in [0.05, 0.1) is 6.61 Å². The fraction of sp³-hybridized carbons (Fsp3) is 0.438. The lowest BCUT2D eigenvalue weighted by Gasteiger charge is -2.22. The largest absolute Gasteiger partial charge is 0.491 e. The Bertz CT molecular complexity index is 602. The van der Waals surface area contributed by atoms with Crippen molar-refractivity contribution in [1.29, 1.82) is 0 Å². The molecule has 0 unspecified atom stereocenters. The van der Waals surface area contributed by atoms with Crippen molar-refractivity contribution in [2.45, 2.75) is 39.5 Å². The van der Waals surface area contributed by atoms with Gasteiger partial charge in [0.25, 0.3) is 0 Å². The van der Waals surface area contributed by atoms with Crippen molar-refractivity contribution in [2.24, 2.45) is 5.84 Å². The van der Waals surface area contributed by atoms with Gasteiger partial charge in [0.1, 0.15) is 17.1 Å². The molecular formula is C16H23N3O. The monoisotopic (exact) mass is 273 g/mol. The Balaban J connectivity index is 2.61. The lowest BCUT2D eigenvalue weighted by molar-refractivity contribution is 0.320. The van der Waals surface area contributed by atoms with E-state index < -0.39 is 0 Å². The van der Waals surface area contributed by atoms with Crippen LogP contribution in [-0.2, 0) is 5.41 Å². The minimum atomic E-state index is -0.0246. The Hall–Kier alpha value is -1.81. The number of hydrazine groups is 1. The molecule has 0 saturated carbocycles. The molecule has 0 aliphatic rings. The minimum absolute atomic E-state index is 0.0246. The third kappa shape index (κ3) is 2.85. The van der Waals surface area contributed by atoms with Gasteiger partial charge in [-0.05, 0) is 24.0 Å². The molecule has 0 amide bonds. The van der Waals surface area contributed by atoms with Crippen molar-refractivity contribution in [3.05, 3.63) is 29.8 Å².